The molecule has 0 fully saturated rings. The van der Waals surface area contributed by atoms with Gasteiger partial charge in [0.05, 0.1) is 0 Å². The van der Waals surface area contributed by atoms with Gasteiger partial charge in [0, 0.05) is 5.02 Å². The van der Waals surface area contributed by atoms with Crippen LogP contribution in [0.15, 0.2) is 36.3 Å². The highest BCUT2D eigenvalue weighted by Gasteiger charge is 1.98. The van der Waals surface area contributed by atoms with Gasteiger partial charge in [0.2, 0.25) is 5.76 Å². The monoisotopic (exact) mass is 198 g/mol. The number of hydrogen-bond acceptors (Lipinski definition) is 3. The van der Waals surface area contributed by atoms with Crippen molar-refractivity contribution in [1.29, 1.82) is 0 Å². The Morgan fingerprint density at radius 3 is 2.46 bits per heavy atom. The summed E-state index contributed by atoms with van der Waals surface area (Å²) >= 11 is 5.63. The highest BCUT2D eigenvalue weighted by Crippen LogP contribution is 2.16. The summed E-state index contributed by atoms with van der Waals surface area (Å²) in [4.78, 5) is 10.2. The van der Waals surface area contributed by atoms with Crippen LogP contribution in [0.4, 0.5) is 0 Å². The van der Waals surface area contributed by atoms with Crippen LogP contribution >= 0.6 is 11.6 Å². The second-order valence-electron chi connectivity index (χ2n) is 2.21. The molecule has 1 rings (SSSR count). The van der Waals surface area contributed by atoms with Gasteiger partial charge in [-0.25, -0.2) is 0 Å². The van der Waals surface area contributed by atoms with Gasteiger partial charge < -0.3 is 9.84 Å². The van der Waals surface area contributed by atoms with Crippen LogP contribution in [0.1, 0.15) is 0 Å². The molecule has 0 saturated carbocycles. The van der Waals surface area contributed by atoms with Gasteiger partial charge in [0.25, 0.3) is 0 Å². The first kappa shape index (κ1) is 9.61. The number of aliphatic hydroxyl groups excluding tert-OH is 1. The Morgan fingerprint density at radius 2 is 2.00 bits per heavy atom. The van der Waals surface area contributed by atoms with Crippen molar-refractivity contribution in [3.63, 3.8) is 0 Å². The molecular weight excluding hydrogens is 192 g/mol. The zero-order valence-electron chi connectivity index (χ0n) is 6.61. The molecule has 0 heterocycles. The Bertz CT molecular complexity index is 316. The van der Waals surface area contributed by atoms with E-state index in [0.29, 0.717) is 23.3 Å². The smallest absolute Gasteiger partial charge is 0.201 e. The quantitative estimate of drug-likeness (QED) is 0.461. The lowest BCUT2D eigenvalue weighted by atomic mass is 10.3. The minimum Gasteiger partial charge on any atom is -0.512 e. The van der Waals surface area contributed by atoms with Crippen LogP contribution in [0.2, 0.25) is 5.02 Å². The van der Waals surface area contributed by atoms with Gasteiger partial charge in [-0.1, -0.05) is 11.6 Å². The third-order valence-corrected chi connectivity index (χ3v) is 1.54. The van der Waals surface area contributed by atoms with Crippen LogP contribution in [-0.4, -0.2) is 11.4 Å². The van der Waals surface area contributed by atoms with Crippen LogP contribution in [0.3, 0.4) is 0 Å². The molecule has 1 N–H and O–H groups in total. The predicted molar refractivity (Wildman–Crippen MR) is 48.9 cm³/mol. The number of benzene rings is 1. The predicted octanol–water partition coefficient (Wildman–Crippen LogP) is 2.32. The number of carbonyl (C=O) groups excluding carboxylic acids is 1. The van der Waals surface area contributed by atoms with Crippen molar-refractivity contribution in [2.24, 2.45) is 0 Å². The Kier molecular flexibility index (Phi) is 3.34. The van der Waals surface area contributed by atoms with Gasteiger partial charge in [0.15, 0.2) is 6.29 Å². The van der Waals surface area contributed by atoms with E-state index >= 15 is 0 Å². The summed E-state index contributed by atoms with van der Waals surface area (Å²) in [5, 5.41) is 9.07. The molecule has 68 valence electrons. The Morgan fingerprint density at radius 1 is 1.38 bits per heavy atom. The molecule has 0 saturated heterocycles. The maximum absolute atomic E-state index is 10.2. The summed E-state index contributed by atoms with van der Waals surface area (Å²) in [7, 11) is 0. The number of carbonyl (C=O) groups is 1. The van der Waals surface area contributed by atoms with Crippen LogP contribution in [0, 0.1) is 0 Å². The summed E-state index contributed by atoms with van der Waals surface area (Å²) in [5.41, 5.74) is 0. The lowest BCUT2D eigenvalue weighted by Crippen LogP contribution is -1.95. The molecule has 13 heavy (non-hydrogen) atoms. The van der Waals surface area contributed by atoms with E-state index in [9.17, 15) is 4.79 Å². The molecule has 0 aliphatic rings. The van der Waals surface area contributed by atoms with Gasteiger partial charge >= 0.3 is 0 Å². The molecular formula is C9H7ClO3. The zero-order chi connectivity index (χ0) is 9.68. The van der Waals surface area contributed by atoms with Crippen molar-refractivity contribution in [2.45, 2.75) is 0 Å². The average Bonchev–Trinajstić information content (AvgIpc) is 2.17. The SMILES string of the molecule is O=CC(=CO)Oc1ccc(Cl)cc1. The first-order valence-electron chi connectivity index (χ1n) is 3.49. The van der Waals surface area contributed by atoms with E-state index in [2.05, 4.69) is 0 Å². The molecule has 1 aromatic rings. The van der Waals surface area contributed by atoms with Gasteiger partial charge in [0.1, 0.15) is 12.0 Å². The first-order chi connectivity index (χ1) is 6.26. The Labute approximate surface area is 80.2 Å². The standard InChI is InChI=1S/C9H7ClO3/c10-7-1-3-8(4-2-7)13-9(5-11)6-12/h1-6,11H. The van der Waals surface area contributed by atoms with Crippen molar-refractivity contribution < 1.29 is 14.6 Å². The molecule has 1 aromatic carbocycles. The normalized spacial score (nSPS) is 11.0. The number of aldehydes is 1. The summed E-state index contributed by atoms with van der Waals surface area (Å²) in [6, 6.07) is 6.43. The number of aliphatic hydroxyl groups is 1. The molecule has 0 spiro atoms. The van der Waals surface area contributed by atoms with Crippen molar-refractivity contribution in [1.82, 2.24) is 0 Å². The van der Waals surface area contributed by atoms with Crippen LogP contribution in [-0.2, 0) is 4.79 Å². The Hall–Kier alpha value is -1.48. The largest absolute Gasteiger partial charge is 0.512 e. The second-order valence-corrected chi connectivity index (χ2v) is 2.64. The number of rotatable bonds is 3. The van der Waals surface area contributed by atoms with Crippen molar-refractivity contribution in [3.8, 4) is 5.75 Å². The van der Waals surface area contributed by atoms with Crippen LogP contribution in [0.25, 0.3) is 0 Å². The van der Waals surface area contributed by atoms with Crippen molar-refractivity contribution >= 4 is 17.9 Å². The summed E-state index contributed by atoms with van der Waals surface area (Å²) < 4.78 is 4.95. The Balaban J connectivity index is 2.74. The average molecular weight is 199 g/mol. The number of halogens is 1. The summed E-state index contributed by atoms with van der Waals surface area (Å²) in [5.74, 6) is 0.291. The lowest BCUT2D eigenvalue weighted by molar-refractivity contribution is -0.106. The van der Waals surface area contributed by atoms with Gasteiger partial charge in [-0.05, 0) is 24.3 Å². The topological polar surface area (TPSA) is 46.5 Å². The van der Waals surface area contributed by atoms with E-state index in [4.69, 9.17) is 21.4 Å². The molecule has 0 radical (unpaired) electrons. The van der Waals surface area contributed by atoms with E-state index < -0.39 is 0 Å². The molecule has 0 aliphatic heterocycles. The van der Waals surface area contributed by atoms with Gasteiger partial charge in [-0.15, -0.1) is 0 Å². The highest BCUT2D eigenvalue weighted by molar-refractivity contribution is 6.30. The highest BCUT2D eigenvalue weighted by atomic mass is 35.5. The third kappa shape index (κ3) is 2.80. The van der Waals surface area contributed by atoms with Gasteiger partial charge in [-0.2, -0.15) is 0 Å². The van der Waals surface area contributed by atoms with E-state index in [1.807, 2.05) is 0 Å². The van der Waals surface area contributed by atoms with Crippen LogP contribution < -0.4 is 4.74 Å². The first-order valence-corrected chi connectivity index (χ1v) is 3.87. The maximum atomic E-state index is 10.2. The fourth-order valence-electron chi connectivity index (χ4n) is 0.720. The van der Waals surface area contributed by atoms with E-state index in [1.54, 1.807) is 24.3 Å². The number of allylic oxidation sites excluding steroid dienone is 1. The molecule has 0 atom stereocenters. The zero-order valence-corrected chi connectivity index (χ0v) is 7.36. The molecule has 0 aromatic heterocycles. The minimum absolute atomic E-state index is 0.151. The fourth-order valence-corrected chi connectivity index (χ4v) is 0.846. The third-order valence-electron chi connectivity index (χ3n) is 1.29. The summed E-state index contributed by atoms with van der Waals surface area (Å²) in [6.45, 7) is 0. The van der Waals surface area contributed by atoms with E-state index in [1.165, 1.54) is 0 Å². The van der Waals surface area contributed by atoms with Crippen molar-refractivity contribution in [2.75, 3.05) is 0 Å². The second kappa shape index (κ2) is 4.52. The maximum Gasteiger partial charge on any atom is 0.201 e. The molecule has 0 amide bonds. The van der Waals surface area contributed by atoms with Gasteiger partial charge in [-0.3, -0.25) is 4.79 Å². The molecule has 0 aliphatic carbocycles. The van der Waals surface area contributed by atoms with E-state index in [-0.39, 0.29) is 5.76 Å². The number of ether oxygens (including phenoxy) is 1. The number of hydrogen-bond donors (Lipinski definition) is 1. The summed E-state index contributed by atoms with van der Waals surface area (Å²) in [6.07, 6.45) is 1.01. The van der Waals surface area contributed by atoms with E-state index in [0.717, 1.165) is 0 Å². The molecule has 4 heteroatoms. The van der Waals surface area contributed by atoms with Crippen LogP contribution in [0.5, 0.6) is 5.75 Å². The molecule has 3 nitrogen and oxygen atoms in total. The minimum atomic E-state index is -0.151. The lowest BCUT2D eigenvalue weighted by Gasteiger charge is -2.02. The van der Waals surface area contributed by atoms with Crippen molar-refractivity contribution in [3.05, 3.63) is 41.3 Å². The molecule has 0 bridgehead atoms. The fraction of sp³-hybridized carbons (Fsp3) is 0. The molecule has 0 unspecified atom stereocenters.